The van der Waals surface area contributed by atoms with Crippen molar-refractivity contribution in [3.05, 3.63) is 138 Å². The van der Waals surface area contributed by atoms with Gasteiger partial charge < -0.3 is 0 Å². The van der Waals surface area contributed by atoms with Gasteiger partial charge in [-0.05, 0) is 0 Å². The maximum absolute atomic E-state index is 15.7. The molecule has 0 fully saturated rings. The van der Waals surface area contributed by atoms with Gasteiger partial charge in [0, 0.05) is 0 Å². The summed E-state index contributed by atoms with van der Waals surface area (Å²) in [5.41, 5.74) is -4.38. The fraction of sp³-hybridized carbons (Fsp3) is 0.129. The van der Waals surface area contributed by atoms with Crippen molar-refractivity contribution in [1.29, 1.82) is 0 Å². The van der Waals surface area contributed by atoms with Gasteiger partial charge in [0.05, 0.1) is 0 Å². The van der Waals surface area contributed by atoms with E-state index in [1.807, 2.05) is 0 Å². The second kappa shape index (κ2) is 9.74. The molecule has 0 aromatic heterocycles. The van der Waals surface area contributed by atoms with E-state index in [0.717, 1.165) is 24.3 Å². The molecular formula is C31H25F4O3P. The van der Waals surface area contributed by atoms with E-state index in [4.69, 9.17) is 9.26 Å². The van der Waals surface area contributed by atoms with Crippen molar-refractivity contribution < 1.29 is 31.6 Å². The van der Waals surface area contributed by atoms with Crippen LogP contribution in [0.2, 0.25) is 0 Å². The first kappa shape index (κ1) is 26.8. The van der Waals surface area contributed by atoms with Gasteiger partial charge in [-0.3, -0.25) is 0 Å². The van der Waals surface area contributed by atoms with Gasteiger partial charge in [0.2, 0.25) is 0 Å². The first-order chi connectivity index (χ1) is 18.7. The number of halogens is 4. The monoisotopic (exact) mass is 552 g/mol. The molecule has 0 N–H and O–H groups in total. The number of carbonyl (C=O) groups excluding carboxylic acids is 1. The quantitative estimate of drug-likeness (QED) is 0.156. The molecule has 0 bridgehead atoms. The standard InChI is InChI=1S/C31H25F4O3P/c1-2-37-29(36)28-22-39(25-12-6-3-7-13-25,26-14-8-4-9-15-26,27-16-10-5-11-17-27)38-30(28,31(33,34)35)23-18-20-24(32)21-19-23/h3-22H,2H2,1H3. The molecule has 1 unspecified atom stereocenters. The molecule has 0 spiro atoms. The molecule has 0 amide bonds. The minimum atomic E-state index is -5.14. The molecule has 4 aromatic rings. The summed E-state index contributed by atoms with van der Waals surface area (Å²) >= 11 is 0. The number of ether oxygens (including phenoxy) is 1. The van der Waals surface area contributed by atoms with E-state index in [9.17, 15) is 9.18 Å². The number of alkyl halides is 3. The third kappa shape index (κ3) is 3.91. The van der Waals surface area contributed by atoms with Crippen LogP contribution in [-0.4, -0.2) is 18.8 Å². The Bertz CT molecular complexity index is 1410. The van der Waals surface area contributed by atoms with Crippen molar-refractivity contribution >= 4 is 28.7 Å². The second-order valence-corrected chi connectivity index (χ2v) is 13.3. The van der Waals surface area contributed by atoms with E-state index in [-0.39, 0.29) is 6.61 Å². The van der Waals surface area contributed by atoms with E-state index < -0.39 is 41.5 Å². The molecule has 0 saturated carbocycles. The van der Waals surface area contributed by atoms with Crippen LogP contribution in [0.5, 0.6) is 0 Å². The molecule has 0 radical (unpaired) electrons. The summed E-state index contributed by atoms with van der Waals surface area (Å²) in [6.07, 6.45) is -5.14. The first-order valence-electron chi connectivity index (χ1n) is 12.3. The average Bonchev–Trinajstić information content (AvgIpc) is 3.32. The van der Waals surface area contributed by atoms with Crippen LogP contribution in [0.3, 0.4) is 0 Å². The molecule has 5 rings (SSSR count). The summed E-state index contributed by atoms with van der Waals surface area (Å²) in [4.78, 5) is 13.5. The predicted octanol–water partition coefficient (Wildman–Crippen LogP) is 6.51. The van der Waals surface area contributed by atoms with Crippen LogP contribution in [0.25, 0.3) is 0 Å². The minimum absolute atomic E-state index is 0.147. The van der Waals surface area contributed by atoms with Gasteiger partial charge in [0.25, 0.3) is 0 Å². The van der Waals surface area contributed by atoms with E-state index >= 15 is 13.2 Å². The molecule has 1 aliphatic rings. The Morgan fingerprint density at radius 1 is 0.769 bits per heavy atom. The Hall–Kier alpha value is -3.80. The predicted molar refractivity (Wildman–Crippen MR) is 145 cm³/mol. The summed E-state index contributed by atoms with van der Waals surface area (Å²) in [7, 11) is 0. The van der Waals surface area contributed by atoms with E-state index in [2.05, 4.69) is 0 Å². The van der Waals surface area contributed by atoms with E-state index in [0.29, 0.717) is 15.9 Å². The normalized spacial score (nSPS) is 20.8. The van der Waals surface area contributed by atoms with Crippen LogP contribution in [0.1, 0.15) is 12.5 Å². The molecule has 0 aliphatic carbocycles. The van der Waals surface area contributed by atoms with Crippen molar-refractivity contribution in [3.63, 3.8) is 0 Å². The second-order valence-electron chi connectivity index (χ2n) is 9.15. The summed E-state index contributed by atoms with van der Waals surface area (Å²) < 4.78 is 72.9. The average molecular weight is 553 g/mol. The summed E-state index contributed by atoms with van der Waals surface area (Å²) in [5, 5.41) is 1.41. The molecule has 4 aromatic carbocycles. The molecule has 1 aliphatic heterocycles. The van der Waals surface area contributed by atoms with Crippen LogP contribution in [0.15, 0.2) is 127 Å². The van der Waals surface area contributed by atoms with Crippen LogP contribution < -0.4 is 15.9 Å². The zero-order chi connectivity index (χ0) is 27.8. The Kier molecular flexibility index (Phi) is 6.69. The third-order valence-electron chi connectivity index (χ3n) is 7.03. The number of esters is 1. The molecule has 1 atom stereocenters. The molecule has 0 saturated heterocycles. The number of benzene rings is 4. The van der Waals surface area contributed by atoms with Gasteiger partial charge in [-0.25, -0.2) is 0 Å². The fourth-order valence-electron chi connectivity index (χ4n) is 5.36. The van der Waals surface area contributed by atoms with E-state index in [1.165, 1.54) is 12.7 Å². The van der Waals surface area contributed by atoms with Crippen molar-refractivity contribution in [1.82, 2.24) is 0 Å². The fourth-order valence-corrected chi connectivity index (χ4v) is 11.0. The maximum atomic E-state index is 15.7. The Morgan fingerprint density at radius 3 is 1.59 bits per heavy atom. The number of hydrogen-bond donors (Lipinski definition) is 0. The number of carbonyl (C=O) groups is 1. The van der Waals surface area contributed by atoms with Crippen LogP contribution in [0, 0.1) is 5.82 Å². The van der Waals surface area contributed by atoms with Gasteiger partial charge >= 0.3 is 224 Å². The van der Waals surface area contributed by atoms with Gasteiger partial charge in [0.1, 0.15) is 0 Å². The molecule has 1 heterocycles. The van der Waals surface area contributed by atoms with Crippen molar-refractivity contribution in [2.24, 2.45) is 0 Å². The molecule has 200 valence electrons. The van der Waals surface area contributed by atoms with Crippen LogP contribution >= 0.6 is 6.83 Å². The Balaban J connectivity index is 2.03. The van der Waals surface area contributed by atoms with Crippen molar-refractivity contribution in [3.8, 4) is 0 Å². The molecule has 3 nitrogen and oxygen atoms in total. The van der Waals surface area contributed by atoms with Crippen LogP contribution in [0.4, 0.5) is 17.6 Å². The zero-order valence-corrected chi connectivity index (χ0v) is 21.8. The SMILES string of the molecule is CCOC(=O)C1=CP(c2ccccc2)(c2ccccc2)(c2ccccc2)OC1(c1ccc(F)cc1)C(F)(F)F. The molecular weight excluding hydrogens is 527 g/mol. The van der Waals surface area contributed by atoms with Gasteiger partial charge in [-0.1, -0.05) is 0 Å². The topological polar surface area (TPSA) is 35.5 Å². The summed E-state index contributed by atoms with van der Waals surface area (Å²) in [6, 6.07) is 29.8. The summed E-state index contributed by atoms with van der Waals surface area (Å²) in [5.74, 6) is -0.517. The van der Waals surface area contributed by atoms with Crippen molar-refractivity contribution in [2.75, 3.05) is 6.61 Å². The number of rotatable bonds is 6. The Morgan fingerprint density at radius 2 is 1.21 bits per heavy atom. The van der Waals surface area contributed by atoms with Gasteiger partial charge in [0.15, 0.2) is 0 Å². The van der Waals surface area contributed by atoms with E-state index in [1.54, 1.807) is 91.0 Å². The number of hydrogen-bond acceptors (Lipinski definition) is 3. The van der Waals surface area contributed by atoms with Gasteiger partial charge in [-0.2, -0.15) is 0 Å². The first-order valence-corrected chi connectivity index (χ1v) is 14.5. The van der Waals surface area contributed by atoms with Crippen LogP contribution in [-0.2, 0) is 19.7 Å². The third-order valence-corrected chi connectivity index (χ3v) is 12.4. The zero-order valence-electron chi connectivity index (χ0n) is 20.9. The molecule has 39 heavy (non-hydrogen) atoms. The Labute approximate surface area is 223 Å². The van der Waals surface area contributed by atoms with Crippen molar-refractivity contribution in [2.45, 2.75) is 18.7 Å². The molecule has 8 heteroatoms. The van der Waals surface area contributed by atoms with Gasteiger partial charge in [-0.15, -0.1) is 0 Å². The summed E-state index contributed by atoms with van der Waals surface area (Å²) in [6.45, 7) is -3.34.